The van der Waals surface area contributed by atoms with E-state index in [1.165, 1.54) is 37.5 Å². The molecule has 1 aliphatic carbocycles. The number of hydrogen-bond donors (Lipinski definition) is 3. The van der Waals surface area contributed by atoms with E-state index in [-0.39, 0.29) is 35.3 Å². The van der Waals surface area contributed by atoms with Crippen molar-refractivity contribution in [3.63, 3.8) is 0 Å². The van der Waals surface area contributed by atoms with E-state index in [4.69, 9.17) is 4.42 Å². The number of nitrogens with zero attached hydrogens (tertiary/aromatic N) is 1. The highest BCUT2D eigenvalue weighted by Crippen LogP contribution is 2.40. The van der Waals surface area contributed by atoms with Crippen molar-refractivity contribution in [2.24, 2.45) is 4.99 Å². The van der Waals surface area contributed by atoms with Gasteiger partial charge in [0.15, 0.2) is 11.7 Å². The molecule has 0 bridgehead atoms. The maximum absolute atomic E-state index is 12.0. The highest BCUT2D eigenvalue weighted by molar-refractivity contribution is 14.0. The SMILES string of the molecule is CN=C(NCCCNC(=O)c1occc1C)NCC1(c2ccccc2)CCCC1.I. The summed E-state index contributed by atoms with van der Waals surface area (Å²) in [5, 5.41) is 9.75. The van der Waals surface area contributed by atoms with Gasteiger partial charge in [-0.15, -0.1) is 24.0 Å². The molecule has 1 aromatic carbocycles. The van der Waals surface area contributed by atoms with Crippen molar-refractivity contribution in [1.29, 1.82) is 0 Å². The second kappa shape index (κ2) is 12.0. The number of benzene rings is 1. The Labute approximate surface area is 196 Å². The smallest absolute Gasteiger partial charge is 0.287 e. The molecule has 0 radical (unpaired) electrons. The molecule has 6 nitrogen and oxygen atoms in total. The number of aliphatic imine (C=N–C) groups is 1. The van der Waals surface area contributed by atoms with Crippen LogP contribution >= 0.6 is 24.0 Å². The number of nitrogens with one attached hydrogen (secondary N) is 3. The number of hydrogen-bond acceptors (Lipinski definition) is 3. The Morgan fingerprint density at radius 1 is 1.07 bits per heavy atom. The van der Waals surface area contributed by atoms with Crippen LogP contribution in [-0.4, -0.2) is 38.5 Å². The molecule has 2 aromatic rings. The van der Waals surface area contributed by atoms with Crippen LogP contribution in [0.4, 0.5) is 0 Å². The fourth-order valence-corrected chi connectivity index (χ4v) is 4.07. The van der Waals surface area contributed by atoms with Crippen molar-refractivity contribution in [3.8, 4) is 0 Å². The maximum Gasteiger partial charge on any atom is 0.287 e. The van der Waals surface area contributed by atoms with Crippen molar-refractivity contribution >= 4 is 35.8 Å². The third-order valence-electron chi connectivity index (χ3n) is 5.76. The van der Waals surface area contributed by atoms with Crippen LogP contribution in [0.1, 0.15) is 53.8 Å². The first-order valence-corrected chi connectivity index (χ1v) is 10.5. The first-order chi connectivity index (χ1) is 14.1. The molecule has 0 saturated heterocycles. The van der Waals surface area contributed by atoms with E-state index in [1.807, 2.05) is 6.92 Å². The van der Waals surface area contributed by atoms with Gasteiger partial charge in [0.25, 0.3) is 5.91 Å². The molecule has 1 saturated carbocycles. The molecule has 1 aliphatic rings. The predicted octanol–water partition coefficient (Wildman–Crippen LogP) is 4.00. The summed E-state index contributed by atoms with van der Waals surface area (Å²) in [6.07, 6.45) is 7.30. The molecule has 0 unspecified atom stereocenters. The summed E-state index contributed by atoms with van der Waals surface area (Å²) in [4.78, 5) is 16.4. The van der Waals surface area contributed by atoms with Gasteiger partial charge < -0.3 is 20.4 Å². The molecule has 3 N–H and O–H groups in total. The molecular formula is C23H33IN4O2. The monoisotopic (exact) mass is 524 g/mol. The normalized spacial score (nSPS) is 15.3. The quantitative estimate of drug-likeness (QED) is 0.211. The number of amides is 1. The Bertz CT molecular complexity index is 814. The van der Waals surface area contributed by atoms with Crippen LogP contribution < -0.4 is 16.0 Å². The summed E-state index contributed by atoms with van der Waals surface area (Å²) in [6, 6.07) is 12.6. The zero-order chi connectivity index (χ0) is 20.5. The molecule has 1 fully saturated rings. The number of rotatable bonds is 8. The number of carbonyl (C=O) groups excluding carboxylic acids is 1. The molecule has 1 amide bonds. The molecule has 3 rings (SSSR count). The standard InChI is InChI=1S/C23H32N4O2.HI/c1-18-11-16-29-20(18)21(28)25-14-8-15-26-22(24-2)27-17-23(12-6-7-13-23)19-9-4-3-5-10-19;/h3-5,9-11,16H,6-8,12-15,17H2,1-2H3,(H,25,28)(H2,24,26,27);1H. The third kappa shape index (κ3) is 6.23. The fraction of sp³-hybridized carbons (Fsp3) is 0.478. The van der Waals surface area contributed by atoms with Crippen molar-refractivity contribution in [3.05, 3.63) is 59.5 Å². The predicted molar refractivity (Wildman–Crippen MR) is 132 cm³/mol. The third-order valence-corrected chi connectivity index (χ3v) is 5.76. The van der Waals surface area contributed by atoms with Crippen molar-refractivity contribution in [1.82, 2.24) is 16.0 Å². The Balaban J connectivity index is 0.00000320. The largest absolute Gasteiger partial charge is 0.459 e. The molecule has 0 aliphatic heterocycles. The lowest BCUT2D eigenvalue weighted by atomic mass is 9.79. The van der Waals surface area contributed by atoms with Gasteiger partial charge in [-0.05, 0) is 37.8 Å². The number of guanidine groups is 1. The zero-order valence-electron chi connectivity index (χ0n) is 17.9. The lowest BCUT2D eigenvalue weighted by molar-refractivity contribution is 0.0925. The highest BCUT2D eigenvalue weighted by Gasteiger charge is 2.35. The van der Waals surface area contributed by atoms with E-state index in [2.05, 4.69) is 51.3 Å². The summed E-state index contributed by atoms with van der Waals surface area (Å²) in [7, 11) is 1.79. The van der Waals surface area contributed by atoms with Gasteiger partial charge >= 0.3 is 0 Å². The molecule has 0 atom stereocenters. The molecule has 164 valence electrons. The molecular weight excluding hydrogens is 491 g/mol. The van der Waals surface area contributed by atoms with Crippen LogP contribution in [0.15, 0.2) is 52.1 Å². The van der Waals surface area contributed by atoms with Crippen LogP contribution in [-0.2, 0) is 5.41 Å². The lowest BCUT2D eigenvalue weighted by Crippen LogP contribution is -2.45. The summed E-state index contributed by atoms with van der Waals surface area (Å²) >= 11 is 0. The van der Waals surface area contributed by atoms with Crippen LogP contribution in [0.3, 0.4) is 0 Å². The van der Waals surface area contributed by atoms with E-state index in [1.54, 1.807) is 13.1 Å². The van der Waals surface area contributed by atoms with Crippen LogP contribution in [0, 0.1) is 6.92 Å². The van der Waals surface area contributed by atoms with Gasteiger partial charge in [0.05, 0.1) is 6.26 Å². The number of halogens is 1. The van der Waals surface area contributed by atoms with Crippen molar-refractivity contribution in [2.45, 2.75) is 44.4 Å². The Kier molecular flexibility index (Phi) is 9.68. The average molecular weight is 524 g/mol. The van der Waals surface area contributed by atoms with Gasteiger partial charge in [0.1, 0.15) is 0 Å². The lowest BCUT2D eigenvalue weighted by Gasteiger charge is -2.30. The summed E-state index contributed by atoms with van der Waals surface area (Å²) in [5.41, 5.74) is 2.45. The topological polar surface area (TPSA) is 78.7 Å². The Morgan fingerprint density at radius 2 is 1.77 bits per heavy atom. The summed E-state index contributed by atoms with van der Waals surface area (Å²) in [5.74, 6) is 1.03. The first kappa shape index (κ1) is 24.2. The second-order valence-electron chi connectivity index (χ2n) is 7.75. The Hall–Kier alpha value is -2.03. The van der Waals surface area contributed by atoms with Crippen LogP contribution in [0.2, 0.25) is 0 Å². The number of carbonyl (C=O) groups is 1. The van der Waals surface area contributed by atoms with E-state index in [0.717, 1.165) is 31.0 Å². The average Bonchev–Trinajstić information content (AvgIpc) is 3.40. The first-order valence-electron chi connectivity index (χ1n) is 10.5. The minimum Gasteiger partial charge on any atom is -0.459 e. The highest BCUT2D eigenvalue weighted by atomic mass is 127. The van der Waals surface area contributed by atoms with Gasteiger partial charge in [-0.3, -0.25) is 9.79 Å². The van der Waals surface area contributed by atoms with Gasteiger partial charge in [-0.2, -0.15) is 0 Å². The Morgan fingerprint density at radius 3 is 2.40 bits per heavy atom. The molecule has 1 heterocycles. The van der Waals surface area contributed by atoms with E-state index in [0.29, 0.717) is 12.3 Å². The number of aryl methyl sites for hydroxylation is 1. The van der Waals surface area contributed by atoms with E-state index < -0.39 is 0 Å². The minimum absolute atomic E-state index is 0. The van der Waals surface area contributed by atoms with Crippen LogP contribution in [0.25, 0.3) is 0 Å². The van der Waals surface area contributed by atoms with Gasteiger partial charge in [0.2, 0.25) is 0 Å². The van der Waals surface area contributed by atoms with E-state index in [9.17, 15) is 4.79 Å². The number of furan rings is 1. The second-order valence-corrected chi connectivity index (χ2v) is 7.75. The molecule has 7 heteroatoms. The van der Waals surface area contributed by atoms with Gasteiger partial charge in [-0.25, -0.2) is 0 Å². The summed E-state index contributed by atoms with van der Waals surface area (Å²) < 4.78 is 5.21. The summed E-state index contributed by atoms with van der Waals surface area (Å²) in [6.45, 7) is 4.06. The molecule has 1 aromatic heterocycles. The maximum atomic E-state index is 12.0. The zero-order valence-corrected chi connectivity index (χ0v) is 20.2. The van der Waals surface area contributed by atoms with E-state index >= 15 is 0 Å². The fourth-order valence-electron chi connectivity index (χ4n) is 4.07. The van der Waals surface area contributed by atoms with Crippen LogP contribution in [0.5, 0.6) is 0 Å². The van der Waals surface area contributed by atoms with Crippen molar-refractivity contribution in [2.75, 3.05) is 26.7 Å². The minimum atomic E-state index is -0.166. The molecule has 0 spiro atoms. The van der Waals surface area contributed by atoms with Crippen molar-refractivity contribution < 1.29 is 9.21 Å². The van der Waals surface area contributed by atoms with Gasteiger partial charge in [0, 0.05) is 37.7 Å². The molecule has 30 heavy (non-hydrogen) atoms. The van der Waals surface area contributed by atoms with Gasteiger partial charge in [-0.1, -0.05) is 43.2 Å².